The summed E-state index contributed by atoms with van der Waals surface area (Å²) in [7, 11) is 3.93. The minimum Gasteiger partial charge on any atom is -0.486 e. The molecule has 0 fully saturated rings. The molecule has 3 rings (SSSR count). The topological polar surface area (TPSA) is 39.1 Å². The smallest absolute Gasteiger partial charge is 0.133 e. The Morgan fingerprint density at radius 3 is 3.00 bits per heavy atom. The lowest BCUT2D eigenvalue weighted by molar-refractivity contribution is 0.166. The number of benzene rings is 1. The maximum atomic E-state index is 6.14. The number of rotatable bonds is 3. The summed E-state index contributed by atoms with van der Waals surface area (Å²) in [4.78, 5) is 1.22. The Labute approximate surface area is 117 Å². The predicted molar refractivity (Wildman–Crippen MR) is 76.6 cm³/mol. The van der Waals surface area contributed by atoms with Crippen LogP contribution in [0.25, 0.3) is 0 Å². The van der Waals surface area contributed by atoms with Gasteiger partial charge in [0.15, 0.2) is 0 Å². The third kappa shape index (κ3) is 2.35. The van der Waals surface area contributed by atoms with Gasteiger partial charge in [0.25, 0.3) is 0 Å². The van der Waals surface area contributed by atoms with E-state index in [-0.39, 0.29) is 12.1 Å². The Morgan fingerprint density at radius 1 is 1.42 bits per heavy atom. The van der Waals surface area contributed by atoms with E-state index in [4.69, 9.17) is 4.74 Å². The minimum atomic E-state index is 0.111. The standard InChI is InChI=1S/C14H17N3OS/c1-15-14(10-7-8-16-17(10)2)12-9-19-13-6-4-3-5-11(13)18-12/h3-8,12,14-15H,9H2,1-2H3. The van der Waals surface area contributed by atoms with Crippen molar-refractivity contribution in [1.29, 1.82) is 0 Å². The molecule has 0 bridgehead atoms. The molecule has 0 amide bonds. The third-order valence-electron chi connectivity index (χ3n) is 3.39. The van der Waals surface area contributed by atoms with Crippen LogP contribution in [0.3, 0.4) is 0 Å². The van der Waals surface area contributed by atoms with Crippen molar-refractivity contribution in [2.75, 3.05) is 12.8 Å². The van der Waals surface area contributed by atoms with Crippen molar-refractivity contribution >= 4 is 11.8 Å². The number of thioether (sulfide) groups is 1. The average Bonchev–Trinajstić information content (AvgIpc) is 2.86. The maximum Gasteiger partial charge on any atom is 0.133 e. The van der Waals surface area contributed by atoms with Gasteiger partial charge in [-0.25, -0.2) is 0 Å². The first-order valence-electron chi connectivity index (χ1n) is 6.33. The number of aryl methyl sites for hydroxylation is 1. The van der Waals surface area contributed by atoms with Crippen LogP contribution < -0.4 is 10.1 Å². The molecule has 5 heteroatoms. The van der Waals surface area contributed by atoms with Crippen molar-refractivity contribution in [3.8, 4) is 5.75 Å². The van der Waals surface area contributed by atoms with Gasteiger partial charge in [-0.15, -0.1) is 11.8 Å². The molecule has 0 saturated carbocycles. The van der Waals surface area contributed by atoms with Crippen LogP contribution in [0.15, 0.2) is 41.4 Å². The van der Waals surface area contributed by atoms with Gasteiger partial charge in [-0.2, -0.15) is 5.10 Å². The third-order valence-corrected chi connectivity index (χ3v) is 4.53. The molecule has 2 aromatic rings. The molecule has 1 aromatic heterocycles. The number of hydrogen-bond acceptors (Lipinski definition) is 4. The lowest BCUT2D eigenvalue weighted by atomic mass is 10.1. The van der Waals surface area contributed by atoms with Gasteiger partial charge in [0.05, 0.1) is 11.7 Å². The van der Waals surface area contributed by atoms with E-state index in [0.717, 1.165) is 17.2 Å². The van der Waals surface area contributed by atoms with Crippen molar-refractivity contribution in [3.05, 3.63) is 42.2 Å². The van der Waals surface area contributed by atoms with Crippen LogP contribution in [0.1, 0.15) is 11.7 Å². The molecule has 0 spiro atoms. The SMILES string of the molecule is CNC(c1ccnn1C)C1CSc2ccccc2O1. The second-order valence-electron chi connectivity index (χ2n) is 4.56. The van der Waals surface area contributed by atoms with Crippen molar-refractivity contribution in [2.24, 2.45) is 7.05 Å². The summed E-state index contributed by atoms with van der Waals surface area (Å²) in [6.07, 6.45) is 1.93. The molecule has 19 heavy (non-hydrogen) atoms. The molecule has 1 N–H and O–H groups in total. The first kappa shape index (κ1) is 12.6. The van der Waals surface area contributed by atoms with E-state index in [0.29, 0.717) is 0 Å². The van der Waals surface area contributed by atoms with E-state index in [2.05, 4.69) is 16.5 Å². The van der Waals surface area contributed by atoms with E-state index < -0.39 is 0 Å². The summed E-state index contributed by atoms with van der Waals surface area (Å²) in [6.45, 7) is 0. The highest BCUT2D eigenvalue weighted by molar-refractivity contribution is 7.99. The molecule has 0 saturated heterocycles. The van der Waals surface area contributed by atoms with Crippen molar-refractivity contribution in [2.45, 2.75) is 17.0 Å². The zero-order valence-electron chi connectivity index (χ0n) is 11.0. The molecular weight excluding hydrogens is 258 g/mol. The zero-order chi connectivity index (χ0) is 13.2. The van der Waals surface area contributed by atoms with Crippen molar-refractivity contribution < 1.29 is 4.74 Å². The summed E-state index contributed by atoms with van der Waals surface area (Å²) in [5.74, 6) is 1.92. The molecule has 0 aliphatic carbocycles. The lowest BCUT2D eigenvalue weighted by Crippen LogP contribution is -2.38. The van der Waals surface area contributed by atoms with Gasteiger partial charge >= 0.3 is 0 Å². The molecule has 2 heterocycles. The van der Waals surface area contributed by atoms with Gasteiger partial charge in [0.2, 0.25) is 0 Å². The summed E-state index contributed by atoms with van der Waals surface area (Å²) >= 11 is 1.85. The van der Waals surface area contributed by atoms with Crippen LogP contribution in [-0.2, 0) is 7.05 Å². The zero-order valence-corrected chi connectivity index (χ0v) is 11.9. The van der Waals surface area contributed by atoms with E-state index in [1.165, 1.54) is 4.90 Å². The van der Waals surface area contributed by atoms with Crippen LogP contribution in [0.4, 0.5) is 0 Å². The number of nitrogens with one attached hydrogen (secondary N) is 1. The van der Waals surface area contributed by atoms with Gasteiger partial charge < -0.3 is 10.1 Å². The highest BCUT2D eigenvalue weighted by Gasteiger charge is 2.29. The highest BCUT2D eigenvalue weighted by atomic mass is 32.2. The fraction of sp³-hybridized carbons (Fsp3) is 0.357. The molecule has 0 radical (unpaired) electrons. The fourth-order valence-electron chi connectivity index (χ4n) is 2.41. The van der Waals surface area contributed by atoms with E-state index >= 15 is 0 Å². The van der Waals surface area contributed by atoms with Gasteiger partial charge in [-0.1, -0.05) is 12.1 Å². The van der Waals surface area contributed by atoms with Gasteiger partial charge in [-0.05, 0) is 25.2 Å². The Kier molecular flexibility index (Phi) is 3.48. The summed E-state index contributed by atoms with van der Waals surface area (Å²) in [5.41, 5.74) is 1.15. The average molecular weight is 275 g/mol. The van der Waals surface area contributed by atoms with Crippen LogP contribution in [0, 0.1) is 0 Å². The molecule has 1 aliphatic rings. The number of ether oxygens (including phenoxy) is 1. The fourth-order valence-corrected chi connectivity index (χ4v) is 3.45. The highest BCUT2D eigenvalue weighted by Crippen LogP contribution is 2.38. The Bertz CT molecular complexity index is 569. The lowest BCUT2D eigenvalue weighted by Gasteiger charge is -2.31. The Hall–Kier alpha value is -1.46. The second kappa shape index (κ2) is 5.27. The quantitative estimate of drug-likeness (QED) is 0.932. The molecular formula is C14H17N3OS. The van der Waals surface area contributed by atoms with Gasteiger partial charge in [0.1, 0.15) is 11.9 Å². The minimum absolute atomic E-state index is 0.111. The monoisotopic (exact) mass is 275 g/mol. The maximum absolute atomic E-state index is 6.14. The molecule has 1 aliphatic heterocycles. The van der Waals surface area contributed by atoms with Crippen molar-refractivity contribution in [3.63, 3.8) is 0 Å². The number of para-hydroxylation sites is 1. The van der Waals surface area contributed by atoms with Gasteiger partial charge in [-0.3, -0.25) is 4.68 Å². The first-order valence-corrected chi connectivity index (χ1v) is 7.32. The molecule has 2 atom stereocenters. The Morgan fingerprint density at radius 2 is 2.26 bits per heavy atom. The van der Waals surface area contributed by atoms with Crippen LogP contribution >= 0.6 is 11.8 Å². The number of nitrogens with zero attached hydrogens (tertiary/aromatic N) is 2. The number of likely N-dealkylation sites (N-methyl/N-ethyl adjacent to an activating group) is 1. The molecule has 2 unspecified atom stereocenters. The van der Waals surface area contributed by atoms with E-state index in [1.54, 1.807) is 0 Å². The summed E-state index contributed by atoms with van der Waals surface area (Å²) in [6, 6.07) is 10.4. The number of hydrogen-bond donors (Lipinski definition) is 1. The van der Waals surface area contributed by atoms with Crippen molar-refractivity contribution in [1.82, 2.24) is 15.1 Å². The van der Waals surface area contributed by atoms with Crippen LogP contribution in [-0.4, -0.2) is 28.7 Å². The predicted octanol–water partition coefficient (Wildman–Crippen LogP) is 2.23. The molecule has 100 valence electrons. The van der Waals surface area contributed by atoms with Crippen LogP contribution in [0.2, 0.25) is 0 Å². The van der Waals surface area contributed by atoms with Gasteiger partial charge in [0, 0.05) is 23.9 Å². The molecule has 4 nitrogen and oxygen atoms in total. The number of fused-ring (bicyclic) bond motifs is 1. The first-order chi connectivity index (χ1) is 9.29. The number of aromatic nitrogens is 2. The summed E-state index contributed by atoms with van der Waals surface area (Å²) in [5, 5.41) is 7.59. The normalized spacial score (nSPS) is 19.6. The van der Waals surface area contributed by atoms with E-state index in [9.17, 15) is 0 Å². The molecule has 1 aromatic carbocycles. The van der Waals surface area contributed by atoms with E-state index in [1.807, 2.05) is 61.0 Å². The second-order valence-corrected chi connectivity index (χ2v) is 5.62. The largest absolute Gasteiger partial charge is 0.486 e. The van der Waals surface area contributed by atoms with Crippen LogP contribution in [0.5, 0.6) is 5.75 Å². The Balaban J connectivity index is 1.85. The summed E-state index contributed by atoms with van der Waals surface area (Å²) < 4.78 is 8.04.